The second-order valence-electron chi connectivity index (χ2n) is 12.9. The quantitative estimate of drug-likeness (QED) is 0.469. The van der Waals surface area contributed by atoms with Gasteiger partial charge in [-0.3, -0.25) is 19.2 Å². The Kier molecular flexibility index (Phi) is 6.36. The van der Waals surface area contributed by atoms with Gasteiger partial charge in [0.1, 0.15) is 18.0 Å². The number of carboxylic acid groups (broad SMARTS) is 1. The Morgan fingerprint density at radius 3 is 2.39 bits per heavy atom. The summed E-state index contributed by atoms with van der Waals surface area (Å²) in [6.45, 7) is 11.8. The lowest BCUT2D eigenvalue weighted by atomic mass is 9.42. The molecule has 2 fully saturated rings. The minimum absolute atomic E-state index is 0.0574. The minimum Gasteiger partial charge on any atom is -0.481 e. The molecule has 0 aromatic carbocycles. The van der Waals surface area contributed by atoms with Crippen LogP contribution in [0.15, 0.2) is 11.1 Å². The van der Waals surface area contributed by atoms with Gasteiger partial charge in [0.25, 0.3) is 6.47 Å². The van der Waals surface area contributed by atoms with E-state index in [0.29, 0.717) is 43.3 Å². The normalized spacial score (nSPS) is 44.4. The van der Waals surface area contributed by atoms with Crippen LogP contribution in [0.5, 0.6) is 0 Å². The Morgan fingerprint density at radius 2 is 1.81 bits per heavy atom. The molecule has 0 saturated heterocycles. The predicted molar refractivity (Wildman–Crippen MR) is 130 cm³/mol. The number of Topliss-reactive ketones (excluding diaryl/α,β-unsaturated/α-hetero) is 2. The second kappa shape index (κ2) is 8.48. The predicted octanol–water partition coefficient (Wildman–Crippen LogP) is 3.08. The number of fused-ring (bicyclic) bond motifs is 4. The second-order valence-corrected chi connectivity index (χ2v) is 12.9. The molecular formula is C28H40O8. The molecule has 0 radical (unpaired) electrons. The number of ether oxygens (including phenoxy) is 1. The van der Waals surface area contributed by atoms with Gasteiger partial charge in [0.2, 0.25) is 0 Å². The third-order valence-electron chi connectivity index (χ3n) is 11.2. The van der Waals surface area contributed by atoms with Crippen LogP contribution >= 0.6 is 0 Å². The van der Waals surface area contributed by atoms with E-state index >= 15 is 0 Å². The molecule has 0 spiro atoms. The number of carbonyl (C=O) groups excluding carboxylic acids is 3. The number of carbonyl (C=O) groups is 4. The molecule has 8 heteroatoms. The lowest BCUT2D eigenvalue weighted by molar-refractivity contribution is -0.167. The monoisotopic (exact) mass is 504 g/mol. The third kappa shape index (κ3) is 3.25. The van der Waals surface area contributed by atoms with Gasteiger partial charge in [0.15, 0.2) is 5.78 Å². The van der Waals surface area contributed by atoms with E-state index in [1.54, 1.807) is 13.8 Å². The van der Waals surface area contributed by atoms with Crippen molar-refractivity contribution in [3.05, 3.63) is 11.1 Å². The molecule has 0 unspecified atom stereocenters. The summed E-state index contributed by atoms with van der Waals surface area (Å²) in [6.07, 6.45) is -1.07. The fraction of sp³-hybridized carbons (Fsp3) is 0.786. The summed E-state index contributed by atoms with van der Waals surface area (Å²) in [5.41, 5.74) is -2.81. The Labute approximate surface area is 212 Å². The topological polar surface area (TPSA) is 138 Å². The highest BCUT2D eigenvalue weighted by Gasteiger charge is 2.73. The number of ketones is 2. The van der Waals surface area contributed by atoms with Crippen LogP contribution in [0.1, 0.15) is 80.1 Å². The van der Waals surface area contributed by atoms with Gasteiger partial charge in [-0.1, -0.05) is 34.6 Å². The highest BCUT2D eigenvalue weighted by molar-refractivity contribution is 6.07. The maximum absolute atomic E-state index is 14.1. The van der Waals surface area contributed by atoms with Crippen LogP contribution in [0.25, 0.3) is 0 Å². The summed E-state index contributed by atoms with van der Waals surface area (Å²) in [5, 5.41) is 32.5. The zero-order chi connectivity index (χ0) is 27.0. The highest BCUT2D eigenvalue weighted by atomic mass is 16.5. The van der Waals surface area contributed by atoms with E-state index in [9.17, 15) is 34.5 Å². The zero-order valence-corrected chi connectivity index (χ0v) is 22.2. The van der Waals surface area contributed by atoms with Crippen molar-refractivity contribution in [2.75, 3.05) is 0 Å². The Bertz CT molecular complexity index is 1030. The average Bonchev–Trinajstić information content (AvgIpc) is 3.01. The van der Waals surface area contributed by atoms with Crippen molar-refractivity contribution in [3.63, 3.8) is 0 Å². The number of rotatable bonds is 6. The van der Waals surface area contributed by atoms with E-state index in [1.165, 1.54) is 0 Å². The van der Waals surface area contributed by atoms with E-state index in [1.807, 2.05) is 27.7 Å². The van der Waals surface area contributed by atoms with Gasteiger partial charge in [-0.25, -0.2) is 0 Å². The first kappa shape index (κ1) is 27.0. The van der Waals surface area contributed by atoms with Crippen molar-refractivity contribution in [2.45, 2.75) is 98.4 Å². The number of hydrogen-bond acceptors (Lipinski definition) is 7. The maximum atomic E-state index is 14.1. The van der Waals surface area contributed by atoms with E-state index in [2.05, 4.69) is 0 Å². The smallest absolute Gasteiger partial charge is 0.303 e. The Morgan fingerprint density at radius 1 is 1.17 bits per heavy atom. The molecule has 4 aliphatic carbocycles. The van der Waals surface area contributed by atoms with Crippen molar-refractivity contribution in [1.82, 2.24) is 0 Å². The van der Waals surface area contributed by atoms with Gasteiger partial charge >= 0.3 is 5.97 Å². The highest BCUT2D eigenvalue weighted by Crippen LogP contribution is 2.70. The lowest BCUT2D eigenvalue weighted by Gasteiger charge is -2.62. The molecule has 0 aromatic rings. The van der Waals surface area contributed by atoms with Crippen LogP contribution in [-0.2, 0) is 23.9 Å². The maximum Gasteiger partial charge on any atom is 0.303 e. The first-order valence-corrected chi connectivity index (χ1v) is 13.1. The first-order valence-electron chi connectivity index (χ1n) is 13.1. The van der Waals surface area contributed by atoms with Crippen molar-refractivity contribution < 1.29 is 39.2 Å². The molecular weight excluding hydrogens is 464 g/mol. The first-order chi connectivity index (χ1) is 16.6. The van der Waals surface area contributed by atoms with E-state index < -0.39 is 51.5 Å². The van der Waals surface area contributed by atoms with Crippen LogP contribution in [0, 0.1) is 39.4 Å². The fourth-order valence-corrected chi connectivity index (χ4v) is 8.97. The summed E-state index contributed by atoms with van der Waals surface area (Å²) < 4.78 is 5.41. The van der Waals surface area contributed by atoms with Crippen LogP contribution in [-0.4, -0.2) is 57.6 Å². The van der Waals surface area contributed by atoms with E-state index in [-0.39, 0.29) is 36.6 Å². The van der Waals surface area contributed by atoms with Crippen LogP contribution < -0.4 is 0 Å². The molecule has 8 nitrogen and oxygen atoms in total. The van der Waals surface area contributed by atoms with Gasteiger partial charge in [-0.15, -0.1) is 0 Å². The van der Waals surface area contributed by atoms with Crippen molar-refractivity contribution in [3.8, 4) is 0 Å². The van der Waals surface area contributed by atoms with Crippen molar-refractivity contribution >= 4 is 24.0 Å². The molecule has 4 aliphatic rings. The fourth-order valence-electron chi connectivity index (χ4n) is 8.97. The molecule has 200 valence electrons. The van der Waals surface area contributed by atoms with Crippen LogP contribution in [0.2, 0.25) is 0 Å². The summed E-state index contributed by atoms with van der Waals surface area (Å²) in [7, 11) is 0. The molecule has 9 atom stereocenters. The van der Waals surface area contributed by atoms with Gasteiger partial charge in [-0.2, -0.15) is 0 Å². The molecule has 0 heterocycles. The van der Waals surface area contributed by atoms with Crippen molar-refractivity contribution in [1.29, 1.82) is 0 Å². The van der Waals surface area contributed by atoms with Gasteiger partial charge < -0.3 is 20.1 Å². The molecule has 0 bridgehead atoms. The van der Waals surface area contributed by atoms with Crippen LogP contribution in [0.3, 0.4) is 0 Å². The molecule has 4 rings (SSSR count). The average molecular weight is 505 g/mol. The number of hydrogen-bond donors (Lipinski definition) is 3. The molecule has 36 heavy (non-hydrogen) atoms. The Hall–Kier alpha value is -2.06. The molecule has 0 aromatic heterocycles. The lowest BCUT2D eigenvalue weighted by Crippen LogP contribution is -2.65. The zero-order valence-electron chi connectivity index (χ0n) is 22.2. The largest absolute Gasteiger partial charge is 0.481 e. The minimum atomic E-state index is -1.44. The number of aliphatic hydroxyl groups is 2. The van der Waals surface area contributed by atoms with E-state index in [0.717, 1.165) is 0 Å². The molecule has 2 saturated carbocycles. The van der Waals surface area contributed by atoms with Gasteiger partial charge in [-0.05, 0) is 61.3 Å². The van der Waals surface area contributed by atoms with Gasteiger partial charge in [0.05, 0.1) is 11.5 Å². The summed E-state index contributed by atoms with van der Waals surface area (Å²) in [4.78, 5) is 50.3. The van der Waals surface area contributed by atoms with Crippen molar-refractivity contribution in [2.24, 2.45) is 39.4 Å². The molecule has 0 aliphatic heterocycles. The van der Waals surface area contributed by atoms with Crippen LogP contribution in [0.4, 0.5) is 0 Å². The molecule has 0 amide bonds. The number of carboxylic acids is 1. The summed E-state index contributed by atoms with van der Waals surface area (Å²) in [6, 6.07) is 0. The number of aliphatic carboxylic acids is 1. The third-order valence-corrected chi connectivity index (χ3v) is 11.2. The molecule has 3 N–H and O–H groups in total. The van der Waals surface area contributed by atoms with Gasteiger partial charge in [0, 0.05) is 29.2 Å². The Balaban J connectivity index is 1.87. The number of aliphatic hydroxyl groups excluding tert-OH is 2. The standard InChI is InChI=1S/C28H40O8/c1-14(7-8-20(32)33)15-11-18(31)28(6)21-16(30)12-17-25(2,3)19(36-13-29)9-10-26(17,4)22(21)23(34)24(35)27(15,28)5/h13-17,19,24,30,35H,7-12H2,1-6H3,(H,32,33)/t14-,15-,16+,17+,19+,24-,26+,27+,28+/m1/s1. The summed E-state index contributed by atoms with van der Waals surface area (Å²) in [5.74, 6) is -2.29. The summed E-state index contributed by atoms with van der Waals surface area (Å²) >= 11 is 0. The van der Waals surface area contributed by atoms with E-state index in [4.69, 9.17) is 4.74 Å². The SMILES string of the molecule is C[C@H](CCC(=O)O)[C@H]1CC(=O)[C@@]2(C)C3=C(C(=O)[C@@H](O)[C@]12C)[C@@]1(C)CC[C@H](OC=O)C(C)(C)[C@@H]1C[C@@H]3O.